The molecule has 1 atom stereocenters. The van der Waals surface area contributed by atoms with Crippen molar-refractivity contribution in [2.75, 3.05) is 12.4 Å². The summed E-state index contributed by atoms with van der Waals surface area (Å²) in [6.07, 6.45) is 0. The molecule has 15 heavy (non-hydrogen) atoms. The van der Waals surface area contributed by atoms with E-state index in [4.69, 9.17) is 9.94 Å². The smallest absolute Gasteiger partial charge is 0.119 e. The fourth-order valence-corrected chi connectivity index (χ4v) is 1.13. The van der Waals surface area contributed by atoms with Gasteiger partial charge in [0, 0.05) is 5.69 Å². The van der Waals surface area contributed by atoms with E-state index in [0.717, 1.165) is 11.4 Å². The van der Waals surface area contributed by atoms with Gasteiger partial charge in [0.25, 0.3) is 0 Å². The quantitative estimate of drug-likeness (QED) is 0.453. The highest BCUT2D eigenvalue weighted by Crippen LogP contribution is 2.15. The largest absolute Gasteiger partial charge is 0.497 e. The Morgan fingerprint density at radius 2 is 2.00 bits per heavy atom. The van der Waals surface area contributed by atoms with Gasteiger partial charge in [0.15, 0.2) is 0 Å². The highest BCUT2D eigenvalue weighted by molar-refractivity contribution is 5.88. The molecule has 1 aromatic carbocycles. The molecule has 0 aromatic heterocycles. The van der Waals surface area contributed by atoms with E-state index in [1.54, 1.807) is 14.0 Å². The van der Waals surface area contributed by atoms with Gasteiger partial charge in [-0.2, -0.15) is 0 Å². The van der Waals surface area contributed by atoms with Crippen LogP contribution in [0, 0.1) is 0 Å². The molecular weight excluding hydrogens is 192 g/mol. The van der Waals surface area contributed by atoms with Gasteiger partial charge in [-0.15, -0.1) is 0 Å². The van der Waals surface area contributed by atoms with E-state index in [-0.39, 0.29) is 6.04 Å². The van der Waals surface area contributed by atoms with Crippen LogP contribution in [-0.2, 0) is 0 Å². The zero-order valence-electron chi connectivity index (χ0n) is 9.19. The summed E-state index contributed by atoms with van der Waals surface area (Å²) in [7, 11) is 1.63. The van der Waals surface area contributed by atoms with Crippen molar-refractivity contribution in [2.24, 2.45) is 5.16 Å². The minimum Gasteiger partial charge on any atom is -0.497 e. The lowest BCUT2D eigenvalue weighted by atomic mass is 10.2. The van der Waals surface area contributed by atoms with Gasteiger partial charge in [-0.05, 0) is 38.1 Å². The number of benzene rings is 1. The monoisotopic (exact) mass is 208 g/mol. The maximum absolute atomic E-state index is 8.59. The van der Waals surface area contributed by atoms with Crippen molar-refractivity contribution in [2.45, 2.75) is 19.9 Å². The minimum atomic E-state index is 0.00314. The van der Waals surface area contributed by atoms with Crippen LogP contribution in [0.5, 0.6) is 5.75 Å². The van der Waals surface area contributed by atoms with Crippen molar-refractivity contribution >= 4 is 11.4 Å². The van der Waals surface area contributed by atoms with Crippen LogP contribution in [0.15, 0.2) is 29.4 Å². The average molecular weight is 208 g/mol. The molecule has 82 valence electrons. The van der Waals surface area contributed by atoms with Crippen LogP contribution in [0.25, 0.3) is 0 Å². The summed E-state index contributed by atoms with van der Waals surface area (Å²) in [6.45, 7) is 3.69. The zero-order valence-corrected chi connectivity index (χ0v) is 9.19. The van der Waals surface area contributed by atoms with Crippen molar-refractivity contribution < 1.29 is 9.94 Å². The van der Waals surface area contributed by atoms with Gasteiger partial charge in [-0.25, -0.2) is 0 Å². The number of ether oxygens (including phenoxy) is 1. The van der Waals surface area contributed by atoms with Crippen LogP contribution in [0.3, 0.4) is 0 Å². The Kier molecular flexibility index (Phi) is 3.97. The second kappa shape index (κ2) is 5.24. The van der Waals surface area contributed by atoms with Gasteiger partial charge in [0.05, 0.1) is 18.9 Å². The highest BCUT2D eigenvalue weighted by atomic mass is 16.5. The van der Waals surface area contributed by atoms with Crippen molar-refractivity contribution in [3.05, 3.63) is 24.3 Å². The second-order valence-corrected chi connectivity index (χ2v) is 3.34. The fraction of sp³-hybridized carbons (Fsp3) is 0.364. The van der Waals surface area contributed by atoms with E-state index in [1.165, 1.54) is 0 Å². The van der Waals surface area contributed by atoms with Gasteiger partial charge in [0.1, 0.15) is 5.75 Å². The summed E-state index contributed by atoms with van der Waals surface area (Å²) in [4.78, 5) is 0. The predicted octanol–water partition coefficient (Wildman–Crippen LogP) is 2.35. The first-order chi connectivity index (χ1) is 7.17. The lowest BCUT2D eigenvalue weighted by molar-refractivity contribution is 0.317. The number of anilines is 1. The molecule has 1 aromatic rings. The third kappa shape index (κ3) is 3.16. The van der Waals surface area contributed by atoms with E-state index in [0.29, 0.717) is 5.71 Å². The Morgan fingerprint density at radius 3 is 2.47 bits per heavy atom. The molecule has 0 heterocycles. The topological polar surface area (TPSA) is 53.8 Å². The normalized spacial score (nSPS) is 13.4. The van der Waals surface area contributed by atoms with Crippen LogP contribution in [0.1, 0.15) is 13.8 Å². The molecule has 4 heteroatoms. The summed E-state index contributed by atoms with van der Waals surface area (Å²) in [5.41, 5.74) is 1.61. The molecule has 0 amide bonds. The molecule has 0 aliphatic carbocycles. The molecule has 0 bridgehead atoms. The first-order valence-electron chi connectivity index (χ1n) is 4.76. The molecule has 0 saturated heterocycles. The molecule has 4 nitrogen and oxygen atoms in total. The summed E-state index contributed by atoms with van der Waals surface area (Å²) in [5.74, 6) is 0.820. The zero-order chi connectivity index (χ0) is 11.3. The Labute approximate surface area is 89.6 Å². The molecule has 0 saturated carbocycles. The third-order valence-electron chi connectivity index (χ3n) is 2.26. The Hall–Kier alpha value is -1.71. The van der Waals surface area contributed by atoms with E-state index in [9.17, 15) is 0 Å². The van der Waals surface area contributed by atoms with Crippen LogP contribution in [-0.4, -0.2) is 24.1 Å². The van der Waals surface area contributed by atoms with Crippen LogP contribution >= 0.6 is 0 Å². The number of hydrogen-bond donors (Lipinski definition) is 2. The molecule has 0 aliphatic rings. The van der Waals surface area contributed by atoms with Gasteiger partial charge in [-0.3, -0.25) is 0 Å². The minimum absolute atomic E-state index is 0.00314. The summed E-state index contributed by atoms with van der Waals surface area (Å²) in [5, 5.41) is 14.9. The van der Waals surface area contributed by atoms with Crippen LogP contribution < -0.4 is 10.1 Å². The summed E-state index contributed by atoms with van der Waals surface area (Å²) < 4.78 is 5.05. The first-order valence-corrected chi connectivity index (χ1v) is 4.76. The standard InChI is InChI=1S/C11H16N2O2/c1-8(9(2)13-14)12-10-4-6-11(15-3)7-5-10/h4-8,12,14H,1-3H3. The predicted molar refractivity (Wildman–Crippen MR) is 61.0 cm³/mol. The SMILES string of the molecule is COc1ccc(NC(C)C(C)=NO)cc1. The average Bonchev–Trinajstić information content (AvgIpc) is 2.29. The van der Waals surface area contributed by atoms with E-state index in [1.807, 2.05) is 31.2 Å². The number of hydrogen-bond acceptors (Lipinski definition) is 4. The highest BCUT2D eigenvalue weighted by Gasteiger charge is 2.05. The molecule has 0 aliphatic heterocycles. The number of rotatable bonds is 4. The molecule has 0 fully saturated rings. The molecular formula is C11H16N2O2. The fourth-order valence-electron chi connectivity index (χ4n) is 1.13. The van der Waals surface area contributed by atoms with Crippen molar-refractivity contribution in [1.82, 2.24) is 0 Å². The molecule has 1 unspecified atom stereocenters. The van der Waals surface area contributed by atoms with Crippen molar-refractivity contribution in [1.29, 1.82) is 0 Å². The summed E-state index contributed by atoms with van der Waals surface area (Å²) in [6, 6.07) is 7.59. The van der Waals surface area contributed by atoms with Crippen molar-refractivity contribution in [3.63, 3.8) is 0 Å². The Morgan fingerprint density at radius 1 is 1.40 bits per heavy atom. The van der Waals surface area contributed by atoms with Crippen LogP contribution in [0.4, 0.5) is 5.69 Å². The summed E-state index contributed by atoms with van der Waals surface area (Å²) >= 11 is 0. The van der Waals surface area contributed by atoms with Gasteiger partial charge in [-0.1, -0.05) is 5.16 Å². The number of nitrogens with one attached hydrogen (secondary N) is 1. The van der Waals surface area contributed by atoms with Gasteiger partial charge < -0.3 is 15.3 Å². The van der Waals surface area contributed by atoms with Crippen molar-refractivity contribution in [3.8, 4) is 5.75 Å². The first kappa shape index (κ1) is 11.4. The maximum atomic E-state index is 8.59. The molecule has 1 rings (SSSR count). The van der Waals surface area contributed by atoms with E-state index < -0.39 is 0 Å². The third-order valence-corrected chi connectivity index (χ3v) is 2.26. The van der Waals surface area contributed by atoms with E-state index in [2.05, 4.69) is 10.5 Å². The number of oxime groups is 1. The van der Waals surface area contributed by atoms with Gasteiger partial charge >= 0.3 is 0 Å². The molecule has 0 radical (unpaired) electrons. The molecule has 2 N–H and O–H groups in total. The number of nitrogens with zero attached hydrogens (tertiary/aromatic N) is 1. The van der Waals surface area contributed by atoms with Crippen LogP contribution in [0.2, 0.25) is 0 Å². The molecule has 0 spiro atoms. The lowest BCUT2D eigenvalue weighted by Crippen LogP contribution is -2.23. The lowest BCUT2D eigenvalue weighted by Gasteiger charge is -2.14. The van der Waals surface area contributed by atoms with Gasteiger partial charge in [0.2, 0.25) is 0 Å². The Balaban J connectivity index is 2.65. The Bertz CT molecular complexity index is 333. The number of methoxy groups -OCH3 is 1. The second-order valence-electron chi connectivity index (χ2n) is 3.34. The maximum Gasteiger partial charge on any atom is 0.119 e. The van der Waals surface area contributed by atoms with E-state index >= 15 is 0 Å².